The molecule has 2 aliphatic heterocycles. The zero-order valence-electron chi connectivity index (χ0n) is 8.44. The van der Waals surface area contributed by atoms with Crippen LogP contribution in [0.4, 0.5) is 0 Å². The van der Waals surface area contributed by atoms with Crippen molar-refractivity contribution >= 4 is 0 Å². The highest BCUT2D eigenvalue weighted by Crippen LogP contribution is 2.35. The molecule has 13 heavy (non-hydrogen) atoms. The molecule has 0 radical (unpaired) electrons. The van der Waals surface area contributed by atoms with Crippen LogP contribution in [-0.2, 0) is 4.74 Å². The van der Waals surface area contributed by atoms with Gasteiger partial charge in [0.2, 0.25) is 0 Å². The Bertz CT molecular complexity index is 184. The summed E-state index contributed by atoms with van der Waals surface area (Å²) in [5.74, 6) is 1.30. The normalized spacial score (nSPS) is 43.2. The van der Waals surface area contributed by atoms with Gasteiger partial charge in [0.05, 0.1) is 12.7 Å². The van der Waals surface area contributed by atoms with E-state index in [1.165, 1.54) is 0 Å². The van der Waals surface area contributed by atoms with Crippen molar-refractivity contribution in [3.05, 3.63) is 0 Å². The maximum Gasteiger partial charge on any atom is 0.0670 e. The average molecular weight is 185 g/mol. The first kappa shape index (κ1) is 9.44. The van der Waals surface area contributed by atoms with E-state index in [4.69, 9.17) is 4.74 Å². The molecular formula is C10H19NO2. The third-order valence-corrected chi connectivity index (χ3v) is 3.50. The molecule has 3 heteroatoms. The third kappa shape index (κ3) is 1.60. The maximum absolute atomic E-state index is 9.68. The molecule has 2 aliphatic rings. The second-order valence-corrected chi connectivity index (χ2v) is 4.46. The number of hydrogen-bond acceptors (Lipinski definition) is 3. The van der Waals surface area contributed by atoms with Crippen molar-refractivity contribution < 1.29 is 9.84 Å². The second kappa shape index (κ2) is 3.56. The Morgan fingerprint density at radius 2 is 2.31 bits per heavy atom. The molecule has 4 atom stereocenters. The van der Waals surface area contributed by atoms with E-state index >= 15 is 0 Å². The van der Waals surface area contributed by atoms with Gasteiger partial charge >= 0.3 is 0 Å². The molecule has 4 unspecified atom stereocenters. The average Bonchev–Trinajstić information content (AvgIpc) is 2.39. The number of aliphatic hydroxyl groups excluding tert-OH is 1. The summed E-state index contributed by atoms with van der Waals surface area (Å²) in [6.07, 6.45) is 0.906. The largest absolute Gasteiger partial charge is 0.392 e. The van der Waals surface area contributed by atoms with Gasteiger partial charge < -0.3 is 14.7 Å². The Morgan fingerprint density at radius 1 is 1.54 bits per heavy atom. The SMILES string of the molecule is CC(O)C1C2CCOCC2CN1C. The molecule has 0 amide bonds. The zero-order chi connectivity index (χ0) is 9.42. The summed E-state index contributed by atoms with van der Waals surface area (Å²) in [6.45, 7) is 4.75. The lowest BCUT2D eigenvalue weighted by atomic mass is 9.85. The van der Waals surface area contributed by atoms with Crippen molar-refractivity contribution in [3.8, 4) is 0 Å². The first-order chi connectivity index (χ1) is 6.20. The van der Waals surface area contributed by atoms with Crippen LogP contribution in [0.25, 0.3) is 0 Å². The highest BCUT2D eigenvalue weighted by Gasteiger charge is 2.43. The van der Waals surface area contributed by atoms with Crippen molar-refractivity contribution in [1.29, 1.82) is 0 Å². The monoisotopic (exact) mass is 185 g/mol. The van der Waals surface area contributed by atoms with E-state index in [-0.39, 0.29) is 6.10 Å². The quantitative estimate of drug-likeness (QED) is 0.639. The summed E-state index contributed by atoms with van der Waals surface area (Å²) in [5, 5.41) is 9.68. The lowest BCUT2D eigenvalue weighted by molar-refractivity contribution is 0.0107. The topological polar surface area (TPSA) is 32.7 Å². The Balaban J connectivity index is 2.09. The Hall–Kier alpha value is -0.120. The maximum atomic E-state index is 9.68. The van der Waals surface area contributed by atoms with E-state index in [0.717, 1.165) is 26.2 Å². The minimum Gasteiger partial charge on any atom is -0.392 e. The van der Waals surface area contributed by atoms with Gasteiger partial charge in [0, 0.05) is 19.2 Å². The van der Waals surface area contributed by atoms with Gasteiger partial charge in [0.15, 0.2) is 0 Å². The van der Waals surface area contributed by atoms with Crippen LogP contribution in [0.15, 0.2) is 0 Å². The van der Waals surface area contributed by atoms with Gasteiger partial charge in [-0.2, -0.15) is 0 Å². The molecule has 3 nitrogen and oxygen atoms in total. The van der Waals surface area contributed by atoms with Crippen LogP contribution in [0.5, 0.6) is 0 Å². The van der Waals surface area contributed by atoms with E-state index in [0.29, 0.717) is 17.9 Å². The van der Waals surface area contributed by atoms with E-state index in [9.17, 15) is 5.11 Å². The van der Waals surface area contributed by atoms with Crippen LogP contribution in [0.1, 0.15) is 13.3 Å². The second-order valence-electron chi connectivity index (χ2n) is 4.46. The van der Waals surface area contributed by atoms with Crippen molar-refractivity contribution in [2.45, 2.75) is 25.5 Å². The van der Waals surface area contributed by atoms with Gasteiger partial charge in [-0.05, 0) is 32.2 Å². The molecule has 0 aromatic rings. The van der Waals surface area contributed by atoms with Crippen molar-refractivity contribution in [2.75, 3.05) is 26.8 Å². The number of likely N-dealkylation sites (tertiary alicyclic amines) is 1. The lowest BCUT2D eigenvalue weighted by Crippen LogP contribution is -2.40. The van der Waals surface area contributed by atoms with Crippen molar-refractivity contribution in [3.63, 3.8) is 0 Å². The Labute approximate surface area is 79.7 Å². The van der Waals surface area contributed by atoms with Crippen LogP contribution < -0.4 is 0 Å². The summed E-state index contributed by atoms with van der Waals surface area (Å²) in [7, 11) is 2.11. The van der Waals surface area contributed by atoms with Crippen LogP contribution >= 0.6 is 0 Å². The molecule has 0 aromatic carbocycles. The Morgan fingerprint density at radius 3 is 3.00 bits per heavy atom. The molecular weight excluding hydrogens is 166 g/mol. The summed E-state index contributed by atoms with van der Waals surface area (Å²) in [4.78, 5) is 2.29. The van der Waals surface area contributed by atoms with Crippen molar-refractivity contribution in [1.82, 2.24) is 4.90 Å². The predicted molar refractivity (Wildman–Crippen MR) is 50.5 cm³/mol. The lowest BCUT2D eigenvalue weighted by Gasteiger charge is -2.31. The van der Waals surface area contributed by atoms with E-state index < -0.39 is 0 Å². The van der Waals surface area contributed by atoms with Crippen LogP contribution in [0.3, 0.4) is 0 Å². The first-order valence-corrected chi connectivity index (χ1v) is 5.16. The number of likely N-dealkylation sites (N-methyl/N-ethyl adjacent to an activating group) is 1. The standard InChI is InChI=1S/C10H19NO2/c1-7(12)10-9-3-4-13-6-8(9)5-11(10)2/h7-10,12H,3-6H2,1-2H3. The molecule has 0 aliphatic carbocycles. The van der Waals surface area contributed by atoms with Gasteiger partial charge in [0.25, 0.3) is 0 Å². The van der Waals surface area contributed by atoms with Crippen molar-refractivity contribution in [2.24, 2.45) is 11.8 Å². The van der Waals surface area contributed by atoms with Crippen LogP contribution in [0, 0.1) is 11.8 Å². The molecule has 2 rings (SSSR count). The zero-order valence-corrected chi connectivity index (χ0v) is 8.44. The minimum absolute atomic E-state index is 0.210. The summed E-state index contributed by atoms with van der Waals surface area (Å²) in [5.41, 5.74) is 0. The molecule has 0 spiro atoms. The molecule has 0 saturated carbocycles. The molecule has 2 saturated heterocycles. The van der Waals surface area contributed by atoms with Gasteiger partial charge in [-0.3, -0.25) is 0 Å². The number of fused-ring (bicyclic) bond motifs is 1. The first-order valence-electron chi connectivity index (χ1n) is 5.16. The predicted octanol–water partition coefficient (Wildman–Crippen LogP) is 0.334. The number of hydrogen-bond donors (Lipinski definition) is 1. The van der Waals surface area contributed by atoms with Gasteiger partial charge in [0.1, 0.15) is 0 Å². The molecule has 0 aromatic heterocycles. The van der Waals surface area contributed by atoms with E-state index in [2.05, 4.69) is 11.9 Å². The third-order valence-electron chi connectivity index (χ3n) is 3.50. The highest BCUT2D eigenvalue weighted by molar-refractivity contribution is 4.95. The van der Waals surface area contributed by atoms with Crippen LogP contribution in [-0.4, -0.2) is 49.0 Å². The number of ether oxygens (including phenoxy) is 1. The fraction of sp³-hybridized carbons (Fsp3) is 1.00. The Kier molecular flexibility index (Phi) is 2.58. The summed E-state index contributed by atoms with van der Waals surface area (Å²) >= 11 is 0. The van der Waals surface area contributed by atoms with Gasteiger partial charge in [-0.1, -0.05) is 0 Å². The molecule has 1 N–H and O–H groups in total. The van der Waals surface area contributed by atoms with E-state index in [1.54, 1.807) is 0 Å². The summed E-state index contributed by atoms with van der Waals surface area (Å²) in [6, 6.07) is 0.355. The van der Waals surface area contributed by atoms with E-state index in [1.807, 2.05) is 6.92 Å². The van der Waals surface area contributed by atoms with Gasteiger partial charge in [-0.15, -0.1) is 0 Å². The minimum atomic E-state index is -0.210. The fourth-order valence-corrected chi connectivity index (χ4v) is 3.00. The molecule has 2 heterocycles. The van der Waals surface area contributed by atoms with Crippen LogP contribution in [0.2, 0.25) is 0 Å². The molecule has 0 bridgehead atoms. The number of aliphatic hydroxyl groups is 1. The number of rotatable bonds is 1. The number of nitrogens with zero attached hydrogens (tertiary/aromatic N) is 1. The fourth-order valence-electron chi connectivity index (χ4n) is 3.00. The smallest absolute Gasteiger partial charge is 0.0670 e. The molecule has 2 fully saturated rings. The highest BCUT2D eigenvalue weighted by atomic mass is 16.5. The van der Waals surface area contributed by atoms with Gasteiger partial charge in [-0.25, -0.2) is 0 Å². The summed E-state index contributed by atoms with van der Waals surface area (Å²) < 4.78 is 5.45. The molecule has 76 valence electrons.